The number of likely N-dealkylation sites (tertiary alicyclic amines) is 1. The predicted molar refractivity (Wildman–Crippen MR) is 192 cm³/mol. The van der Waals surface area contributed by atoms with Crippen LogP contribution in [0.15, 0.2) is 78.9 Å². The second kappa shape index (κ2) is 17.4. The number of hydrogen-bond acceptors (Lipinski definition) is 7. The minimum Gasteiger partial charge on any atom is -0.496 e. The van der Waals surface area contributed by atoms with Crippen LogP contribution in [0.4, 0.5) is 0 Å². The number of benzene rings is 3. The lowest BCUT2D eigenvalue weighted by Gasteiger charge is -2.43. The summed E-state index contributed by atoms with van der Waals surface area (Å²) in [6.07, 6.45) is 1.97. The molecule has 3 N–H and O–H groups in total. The summed E-state index contributed by atoms with van der Waals surface area (Å²) < 4.78 is 10.4. The molecule has 12 heteroatoms. The number of para-hydroxylation sites is 1. The molecule has 10 nitrogen and oxygen atoms in total. The van der Waals surface area contributed by atoms with E-state index < -0.39 is 35.9 Å². The van der Waals surface area contributed by atoms with E-state index >= 15 is 0 Å². The molecule has 1 aliphatic heterocycles. The molecule has 0 unspecified atom stereocenters. The maximum atomic E-state index is 14.2. The fraction of sp³-hybridized carbons (Fsp3) is 0.389. The predicted octanol–water partition coefficient (Wildman–Crippen LogP) is 3.55. The van der Waals surface area contributed by atoms with Gasteiger partial charge in [0.15, 0.2) is 6.04 Å². The maximum Gasteiger partial charge on any atom is 0.331 e. The van der Waals surface area contributed by atoms with Crippen LogP contribution in [0.1, 0.15) is 65.6 Å². The first-order chi connectivity index (χ1) is 22.3. The topological polar surface area (TPSA) is 134 Å². The first-order valence-corrected chi connectivity index (χ1v) is 15.8. The zero-order chi connectivity index (χ0) is 32.7. The third-order valence-electron chi connectivity index (χ3n) is 9.11. The highest BCUT2D eigenvalue weighted by Gasteiger charge is 2.49. The molecule has 48 heavy (non-hydrogen) atoms. The van der Waals surface area contributed by atoms with Gasteiger partial charge in [0.25, 0.3) is 5.91 Å². The standard InChI is InChI=1S/C36H41N3O7.2H2S/c1-3-46-34(43)30(23-40)38-35(44)36(24-11-5-4-6-12-24)20-17-27(26-13-7-9-15-29(26)36)33(42)39-21-18-25(19-22-39)37-32(41)28-14-8-10-16-31(28)45-2;;/h4-16,25,27,30,40H,3,17-23H2,1-2H3,(H,37,41)(H,38,44);2*1H2/t27-,30-,36+;;/m0../s1. The molecule has 258 valence electrons. The summed E-state index contributed by atoms with van der Waals surface area (Å²) in [6, 6.07) is 22.6. The number of nitrogens with zero attached hydrogens (tertiary/aromatic N) is 1. The second-order valence-corrected chi connectivity index (χ2v) is 11.7. The minimum atomic E-state index is -1.22. The van der Waals surface area contributed by atoms with E-state index in [9.17, 15) is 24.3 Å². The van der Waals surface area contributed by atoms with Crippen molar-refractivity contribution in [3.8, 4) is 5.75 Å². The quantitative estimate of drug-likeness (QED) is 0.277. The summed E-state index contributed by atoms with van der Waals surface area (Å²) in [5.41, 5.74) is 1.48. The minimum absolute atomic E-state index is 0. The molecule has 0 aromatic heterocycles. The lowest BCUT2D eigenvalue weighted by Crippen LogP contribution is -2.55. The van der Waals surface area contributed by atoms with Crippen molar-refractivity contribution in [3.63, 3.8) is 0 Å². The number of aliphatic hydroxyl groups is 1. The van der Waals surface area contributed by atoms with Crippen LogP contribution in [0.25, 0.3) is 0 Å². The summed E-state index contributed by atoms with van der Waals surface area (Å²) >= 11 is 0. The van der Waals surface area contributed by atoms with Gasteiger partial charge >= 0.3 is 5.97 Å². The Morgan fingerprint density at radius 1 is 0.917 bits per heavy atom. The fourth-order valence-electron chi connectivity index (χ4n) is 6.75. The molecule has 2 aliphatic rings. The molecule has 3 aromatic carbocycles. The number of methoxy groups -OCH3 is 1. The summed E-state index contributed by atoms with van der Waals surface area (Å²) in [4.78, 5) is 55.6. The molecular weight excluding hydrogens is 651 g/mol. The van der Waals surface area contributed by atoms with Gasteiger partial charge in [-0.05, 0) is 61.4 Å². The number of amides is 3. The van der Waals surface area contributed by atoms with Crippen molar-refractivity contribution >= 4 is 50.7 Å². The highest BCUT2D eigenvalue weighted by Crippen LogP contribution is 2.48. The van der Waals surface area contributed by atoms with E-state index in [1.807, 2.05) is 65.6 Å². The fourth-order valence-corrected chi connectivity index (χ4v) is 6.75. The van der Waals surface area contributed by atoms with Crippen molar-refractivity contribution in [2.24, 2.45) is 0 Å². The molecule has 0 bridgehead atoms. The Morgan fingerprint density at radius 3 is 2.23 bits per heavy atom. The Kier molecular flexibility index (Phi) is 13.9. The third-order valence-corrected chi connectivity index (χ3v) is 9.11. The summed E-state index contributed by atoms with van der Waals surface area (Å²) in [6.45, 7) is 2.17. The summed E-state index contributed by atoms with van der Waals surface area (Å²) in [7, 11) is 1.53. The molecule has 3 atom stereocenters. The first kappa shape index (κ1) is 38.4. The Morgan fingerprint density at radius 2 is 1.56 bits per heavy atom. The van der Waals surface area contributed by atoms with Gasteiger partial charge in [0.05, 0.1) is 37.2 Å². The van der Waals surface area contributed by atoms with Crippen molar-refractivity contribution in [1.29, 1.82) is 0 Å². The van der Waals surface area contributed by atoms with E-state index in [0.717, 1.165) is 11.1 Å². The number of esters is 1. The molecule has 0 radical (unpaired) electrons. The second-order valence-electron chi connectivity index (χ2n) is 11.7. The number of piperidine rings is 1. The van der Waals surface area contributed by atoms with Crippen LogP contribution in [0, 0.1) is 0 Å². The highest BCUT2D eigenvalue weighted by atomic mass is 32.1. The number of aliphatic hydroxyl groups excluding tert-OH is 1. The van der Waals surface area contributed by atoms with Crippen molar-refractivity contribution < 1.29 is 33.8 Å². The molecular formula is C36H45N3O7S2. The lowest BCUT2D eigenvalue weighted by molar-refractivity contribution is -0.149. The molecule has 1 fully saturated rings. The van der Waals surface area contributed by atoms with Gasteiger partial charge in [-0.2, -0.15) is 27.0 Å². The van der Waals surface area contributed by atoms with Crippen molar-refractivity contribution in [2.75, 3.05) is 33.4 Å². The summed E-state index contributed by atoms with van der Waals surface area (Å²) in [5.74, 6) is -1.30. The van der Waals surface area contributed by atoms with Crippen molar-refractivity contribution in [2.45, 2.75) is 56.0 Å². The SMILES string of the molecule is CCOC(=O)[C@H](CO)NC(=O)[C@@]1(c2ccccc2)CC[C@H](C(=O)N2CCC(NC(=O)c3ccccc3OC)CC2)c2ccccc21.S.S. The Hall–Kier alpha value is -4.00. The molecule has 1 heterocycles. The zero-order valence-corrected chi connectivity index (χ0v) is 29.2. The van der Waals surface area contributed by atoms with Gasteiger partial charge in [-0.3, -0.25) is 14.4 Å². The Labute approximate surface area is 295 Å². The van der Waals surface area contributed by atoms with Crippen molar-refractivity contribution in [1.82, 2.24) is 15.5 Å². The monoisotopic (exact) mass is 695 g/mol. The van der Waals surface area contributed by atoms with E-state index in [1.165, 1.54) is 7.11 Å². The van der Waals surface area contributed by atoms with E-state index in [-0.39, 0.29) is 51.5 Å². The number of fused-ring (bicyclic) bond motifs is 1. The molecule has 0 spiro atoms. The highest BCUT2D eigenvalue weighted by molar-refractivity contribution is 7.59. The van der Waals surface area contributed by atoms with E-state index in [1.54, 1.807) is 25.1 Å². The smallest absolute Gasteiger partial charge is 0.331 e. The average molecular weight is 696 g/mol. The van der Waals surface area contributed by atoms with Crippen LogP contribution in [0.5, 0.6) is 5.75 Å². The van der Waals surface area contributed by atoms with Crippen LogP contribution in [0.3, 0.4) is 0 Å². The Balaban J connectivity index is 0.00000312. The molecule has 3 amide bonds. The zero-order valence-electron chi connectivity index (χ0n) is 27.2. The van der Waals surface area contributed by atoms with Gasteiger partial charge in [-0.1, -0.05) is 66.7 Å². The van der Waals surface area contributed by atoms with Crippen LogP contribution >= 0.6 is 27.0 Å². The van der Waals surface area contributed by atoms with Crippen LogP contribution in [0.2, 0.25) is 0 Å². The van der Waals surface area contributed by atoms with Gasteiger partial charge in [-0.25, -0.2) is 4.79 Å². The van der Waals surface area contributed by atoms with E-state index in [0.29, 0.717) is 55.6 Å². The summed E-state index contributed by atoms with van der Waals surface area (Å²) in [5, 5.41) is 15.8. The number of rotatable bonds is 10. The van der Waals surface area contributed by atoms with Crippen LogP contribution in [-0.2, 0) is 24.5 Å². The normalized spacial score (nSPS) is 19.3. The molecule has 1 aliphatic carbocycles. The molecule has 5 rings (SSSR count). The van der Waals surface area contributed by atoms with Crippen LogP contribution in [-0.4, -0.2) is 79.2 Å². The third kappa shape index (κ3) is 7.82. The molecule has 3 aromatic rings. The number of nitrogens with one attached hydrogen (secondary N) is 2. The van der Waals surface area contributed by atoms with E-state index in [2.05, 4.69) is 10.6 Å². The van der Waals surface area contributed by atoms with Crippen LogP contribution < -0.4 is 15.4 Å². The van der Waals surface area contributed by atoms with Gasteiger partial charge < -0.3 is 30.1 Å². The molecule has 1 saturated heterocycles. The number of carbonyl (C=O) groups excluding carboxylic acids is 4. The van der Waals surface area contributed by atoms with Gasteiger partial charge in [-0.15, -0.1) is 0 Å². The van der Waals surface area contributed by atoms with Gasteiger partial charge in [0.2, 0.25) is 11.8 Å². The first-order valence-electron chi connectivity index (χ1n) is 15.8. The van der Waals surface area contributed by atoms with Gasteiger partial charge in [0, 0.05) is 19.1 Å². The number of carbonyl (C=O) groups is 4. The lowest BCUT2D eigenvalue weighted by atomic mass is 9.62. The Bertz CT molecular complexity index is 1570. The van der Waals surface area contributed by atoms with Crippen molar-refractivity contribution in [3.05, 3.63) is 101 Å². The maximum absolute atomic E-state index is 14.2. The largest absolute Gasteiger partial charge is 0.496 e. The number of ether oxygens (including phenoxy) is 2. The van der Waals surface area contributed by atoms with E-state index in [4.69, 9.17) is 9.47 Å². The number of hydrogen-bond donors (Lipinski definition) is 3. The average Bonchev–Trinajstić information content (AvgIpc) is 3.10. The molecule has 0 saturated carbocycles. The van der Waals surface area contributed by atoms with Gasteiger partial charge in [0.1, 0.15) is 5.75 Å².